The number of hydrazine groups is 1. The highest BCUT2D eigenvalue weighted by molar-refractivity contribution is 5.93. The van der Waals surface area contributed by atoms with Crippen molar-refractivity contribution in [2.75, 3.05) is 39.4 Å². The molecule has 3 rings (SSSR count). The van der Waals surface area contributed by atoms with Crippen LogP contribution in [-0.4, -0.2) is 61.0 Å². The second-order valence-electron chi connectivity index (χ2n) is 5.57. The molecule has 2 fully saturated rings. The molecule has 0 saturated carbocycles. The van der Waals surface area contributed by atoms with Gasteiger partial charge in [-0.15, -0.1) is 0 Å². The summed E-state index contributed by atoms with van der Waals surface area (Å²) in [6.45, 7) is 13.3. The Morgan fingerprint density at radius 3 is 2.08 bits per heavy atom. The Balaban J connectivity index is 0.000000730. The van der Waals surface area contributed by atoms with Crippen molar-refractivity contribution in [3.8, 4) is 0 Å². The van der Waals surface area contributed by atoms with Crippen molar-refractivity contribution < 1.29 is 14.3 Å². The molecule has 2 N–H and O–H groups in total. The van der Waals surface area contributed by atoms with Crippen molar-refractivity contribution in [2.24, 2.45) is 5.92 Å². The number of nitrogens with one attached hydrogen (secondary N) is 2. The number of hydrogen-bond donors (Lipinski definition) is 2. The topological polar surface area (TPSA) is 73.9 Å². The van der Waals surface area contributed by atoms with E-state index in [1.807, 2.05) is 45.6 Å². The third-order valence-electron chi connectivity index (χ3n) is 3.97. The van der Waals surface area contributed by atoms with Crippen LogP contribution in [0.5, 0.6) is 0 Å². The van der Waals surface area contributed by atoms with Gasteiger partial charge in [0.25, 0.3) is 5.91 Å². The van der Waals surface area contributed by atoms with Gasteiger partial charge in [-0.2, -0.15) is 0 Å². The number of rotatable bonds is 2. The molecular formula is C18H32N4O3. The molecule has 2 amide bonds. The first kappa shape index (κ1) is 21.0. The van der Waals surface area contributed by atoms with Gasteiger partial charge in [0.15, 0.2) is 0 Å². The maximum atomic E-state index is 12.4. The predicted octanol–water partition coefficient (Wildman–Crippen LogP) is 1.25. The van der Waals surface area contributed by atoms with E-state index in [2.05, 4.69) is 10.9 Å². The summed E-state index contributed by atoms with van der Waals surface area (Å²) in [6, 6.07) is 0. The first-order chi connectivity index (χ1) is 12.1. The van der Waals surface area contributed by atoms with Crippen molar-refractivity contribution in [3.63, 3.8) is 0 Å². The highest BCUT2D eigenvalue weighted by Crippen LogP contribution is 2.16. The number of amides is 2. The van der Waals surface area contributed by atoms with Gasteiger partial charge in [-0.3, -0.25) is 15.0 Å². The lowest BCUT2D eigenvalue weighted by Gasteiger charge is -2.38. The van der Waals surface area contributed by atoms with E-state index in [4.69, 9.17) is 4.74 Å². The van der Waals surface area contributed by atoms with Crippen LogP contribution in [0.2, 0.25) is 0 Å². The largest absolute Gasteiger partial charge is 0.380 e. The van der Waals surface area contributed by atoms with Gasteiger partial charge in [0.05, 0.1) is 19.1 Å². The number of piperazine rings is 1. The zero-order chi connectivity index (χ0) is 18.8. The van der Waals surface area contributed by atoms with Crippen LogP contribution < -0.4 is 10.9 Å². The SMILES string of the molecule is CC.CC.CC1=CNNC(C(=O)N2CCN(C(=O)C3COC3)CC2)=C1. The van der Waals surface area contributed by atoms with Gasteiger partial charge in [0.2, 0.25) is 5.91 Å². The molecule has 0 radical (unpaired) electrons. The predicted molar refractivity (Wildman–Crippen MR) is 98.3 cm³/mol. The summed E-state index contributed by atoms with van der Waals surface area (Å²) in [6.07, 6.45) is 3.62. The van der Waals surface area contributed by atoms with Crippen LogP contribution in [0, 0.1) is 5.92 Å². The molecule has 3 aliphatic heterocycles. The summed E-state index contributed by atoms with van der Waals surface area (Å²) >= 11 is 0. The molecule has 0 unspecified atom stereocenters. The standard InChI is InChI=1S/C14H20N4O3.2C2H6/c1-10-6-12(16-15-7-10)14(20)18-4-2-17(3-5-18)13(19)11-8-21-9-11;2*1-2/h6-7,11,15-16H,2-5,8-9H2,1H3;2*1-2H3. The zero-order valence-electron chi connectivity index (χ0n) is 16.1. The summed E-state index contributed by atoms with van der Waals surface area (Å²) in [5.41, 5.74) is 7.26. The number of allylic oxidation sites excluding steroid dienone is 2. The Hall–Kier alpha value is -2.02. The van der Waals surface area contributed by atoms with E-state index in [-0.39, 0.29) is 17.7 Å². The number of hydrogen-bond acceptors (Lipinski definition) is 5. The van der Waals surface area contributed by atoms with Gasteiger partial charge in [-0.1, -0.05) is 27.7 Å². The summed E-state index contributed by atoms with van der Waals surface area (Å²) in [5, 5.41) is 0. The molecule has 3 aliphatic rings. The van der Waals surface area contributed by atoms with Crippen LogP contribution in [-0.2, 0) is 14.3 Å². The third-order valence-corrected chi connectivity index (χ3v) is 3.97. The lowest BCUT2D eigenvalue weighted by Crippen LogP contribution is -2.55. The van der Waals surface area contributed by atoms with E-state index in [0.717, 1.165) is 5.57 Å². The monoisotopic (exact) mass is 352 g/mol. The lowest BCUT2D eigenvalue weighted by atomic mass is 10.1. The van der Waals surface area contributed by atoms with Crippen molar-refractivity contribution >= 4 is 11.8 Å². The summed E-state index contributed by atoms with van der Waals surface area (Å²) in [7, 11) is 0. The summed E-state index contributed by atoms with van der Waals surface area (Å²) in [5.74, 6) is 0.143. The normalized spacial score (nSPS) is 19.4. The third kappa shape index (κ3) is 5.49. The van der Waals surface area contributed by atoms with Crippen LogP contribution in [0.4, 0.5) is 0 Å². The van der Waals surface area contributed by atoms with Gasteiger partial charge in [0, 0.05) is 32.4 Å². The van der Waals surface area contributed by atoms with Crippen LogP contribution in [0.25, 0.3) is 0 Å². The Morgan fingerprint density at radius 2 is 1.60 bits per heavy atom. The average molecular weight is 352 g/mol. The molecule has 25 heavy (non-hydrogen) atoms. The molecule has 142 valence electrons. The minimum absolute atomic E-state index is 0.0203. The maximum absolute atomic E-state index is 12.4. The number of ether oxygens (including phenoxy) is 1. The smallest absolute Gasteiger partial charge is 0.271 e. The molecule has 7 nitrogen and oxygen atoms in total. The van der Waals surface area contributed by atoms with Gasteiger partial charge < -0.3 is 20.0 Å². The van der Waals surface area contributed by atoms with Crippen LogP contribution in [0.1, 0.15) is 34.6 Å². The number of carbonyl (C=O) groups excluding carboxylic acids is 2. The quantitative estimate of drug-likeness (QED) is 0.782. The van der Waals surface area contributed by atoms with E-state index < -0.39 is 0 Å². The van der Waals surface area contributed by atoms with Crippen molar-refractivity contribution in [2.45, 2.75) is 34.6 Å². The highest BCUT2D eigenvalue weighted by Gasteiger charge is 2.33. The van der Waals surface area contributed by atoms with E-state index in [1.54, 1.807) is 11.1 Å². The molecule has 0 spiro atoms. The Morgan fingerprint density at radius 1 is 1.04 bits per heavy atom. The molecule has 3 heterocycles. The second-order valence-corrected chi connectivity index (χ2v) is 5.57. The van der Waals surface area contributed by atoms with Crippen LogP contribution in [0.15, 0.2) is 23.5 Å². The van der Waals surface area contributed by atoms with Crippen molar-refractivity contribution in [1.29, 1.82) is 0 Å². The van der Waals surface area contributed by atoms with Crippen LogP contribution >= 0.6 is 0 Å². The maximum Gasteiger partial charge on any atom is 0.271 e. The van der Waals surface area contributed by atoms with E-state index >= 15 is 0 Å². The van der Waals surface area contributed by atoms with Crippen molar-refractivity contribution in [1.82, 2.24) is 20.7 Å². The fraction of sp³-hybridized carbons (Fsp3) is 0.667. The highest BCUT2D eigenvalue weighted by atomic mass is 16.5. The Labute approximate surface area is 151 Å². The van der Waals surface area contributed by atoms with E-state index in [1.165, 1.54) is 0 Å². The van der Waals surface area contributed by atoms with Crippen LogP contribution in [0.3, 0.4) is 0 Å². The first-order valence-electron chi connectivity index (χ1n) is 9.21. The molecule has 0 atom stereocenters. The molecule has 2 saturated heterocycles. The molecule has 0 aliphatic carbocycles. The molecule has 0 bridgehead atoms. The van der Waals surface area contributed by atoms with E-state index in [0.29, 0.717) is 45.1 Å². The minimum Gasteiger partial charge on any atom is -0.380 e. The summed E-state index contributed by atoms with van der Waals surface area (Å²) in [4.78, 5) is 28.1. The van der Waals surface area contributed by atoms with Gasteiger partial charge in [0.1, 0.15) is 5.70 Å². The number of nitrogens with zero attached hydrogens (tertiary/aromatic N) is 2. The second kappa shape index (κ2) is 10.8. The zero-order valence-corrected chi connectivity index (χ0v) is 16.1. The lowest BCUT2D eigenvalue weighted by molar-refractivity contribution is -0.153. The van der Waals surface area contributed by atoms with Gasteiger partial charge in [-0.05, 0) is 18.6 Å². The molecular weight excluding hydrogens is 320 g/mol. The fourth-order valence-corrected chi connectivity index (χ4v) is 2.59. The first-order valence-corrected chi connectivity index (χ1v) is 9.21. The Bertz CT molecular complexity index is 504. The summed E-state index contributed by atoms with van der Waals surface area (Å²) < 4.78 is 5.06. The fourth-order valence-electron chi connectivity index (χ4n) is 2.59. The molecule has 0 aromatic heterocycles. The van der Waals surface area contributed by atoms with Gasteiger partial charge in [-0.25, -0.2) is 0 Å². The van der Waals surface area contributed by atoms with Gasteiger partial charge >= 0.3 is 0 Å². The van der Waals surface area contributed by atoms with Crippen molar-refractivity contribution in [3.05, 3.63) is 23.5 Å². The Kier molecular flexibility index (Phi) is 9.05. The average Bonchev–Trinajstić information content (AvgIpc) is 2.63. The molecule has 7 heteroatoms. The molecule has 0 aromatic carbocycles. The minimum atomic E-state index is -0.0333. The molecule has 0 aromatic rings. The van der Waals surface area contributed by atoms with E-state index in [9.17, 15) is 9.59 Å². The number of carbonyl (C=O) groups is 2.